The summed E-state index contributed by atoms with van der Waals surface area (Å²) < 4.78 is 0. The zero-order valence-electron chi connectivity index (χ0n) is 9.31. The van der Waals surface area contributed by atoms with Crippen molar-refractivity contribution < 1.29 is 9.90 Å². The molecule has 1 aliphatic heterocycles. The maximum atomic E-state index is 12.0. The SMILES string of the molecule is Cc1cc(C(=O)N2CC[C@@H](O)C2)ccc1N. The standard InChI is InChI=1S/C12H16N2O2/c1-8-6-9(2-3-11(8)13)12(16)14-5-4-10(15)7-14/h2-3,6,10,15H,4-5,7,13H2,1H3/t10-/m1/s1. The van der Waals surface area contributed by atoms with Crippen LogP contribution >= 0.6 is 0 Å². The average molecular weight is 220 g/mol. The highest BCUT2D eigenvalue weighted by molar-refractivity contribution is 5.95. The summed E-state index contributed by atoms with van der Waals surface area (Å²) in [5.74, 6) is -0.0281. The van der Waals surface area contributed by atoms with Gasteiger partial charge in [-0.3, -0.25) is 4.79 Å². The highest BCUT2D eigenvalue weighted by Gasteiger charge is 2.25. The van der Waals surface area contributed by atoms with E-state index in [0.29, 0.717) is 30.8 Å². The Hall–Kier alpha value is -1.55. The van der Waals surface area contributed by atoms with Crippen molar-refractivity contribution in [2.75, 3.05) is 18.8 Å². The molecule has 0 unspecified atom stereocenters. The molecule has 0 aromatic heterocycles. The molecule has 1 aliphatic rings. The predicted octanol–water partition coefficient (Wildman–Crippen LogP) is 0.784. The van der Waals surface area contributed by atoms with Crippen LogP contribution in [0.1, 0.15) is 22.3 Å². The third-order valence-electron chi connectivity index (χ3n) is 2.97. The number of β-amino-alcohol motifs (C(OH)–C–C–N with tert-alkyl or cyclic N) is 1. The summed E-state index contributed by atoms with van der Waals surface area (Å²) in [6, 6.07) is 5.27. The third-order valence-corrected chi connectivity index (χ3v) is 2.97. The lowest BCUT2D eigenvalue weighted by molar-refractivity contribution is 0.0765. The van der Waals surface area contributed by atoms with E-state index in [9.17, 15) is 9.90 Å². The number of benzene rings is 1. The van der Waals surface area contributed by atoms with Gasteiger partial charge in [-0.25, -0.2) is 0 Å². The summed E-state index contributed by atoms with van der Waals surface area (Å²) in [7, 11) is 0. The van der Waals surface area contributed by atoms with Crippen molar-refractivity contribution in [1.29, 1.82) is 0 Å². The summed E-state index contributed by atoms with van der Waals surface area (Å²) >= 11 is 0. The maximum Gasteiger partial charge on any atom is 0.253 e. The van der Waals surface area contributed by atoms with Crippen LogP contribution in [0.4, 0.5) is 5.69 Å². The van der Waals surface area contributed by atoms with Gasteiger partial charge in [0.2, 0.25) is 0 Å². The lowest BCUT2D eigenvalue weighted by Gasteiger charge is -2.16. The van der Waals surface area contributed by atoms with Crippen molar-refractivity contribution in [3.8, 4) is 0 Å². The number of rotatable bonds is 1. The molecular formula is C12H16N2O2. The number of hydrogen-bond donors (Lipinski definition) is 2. The quantitative estimate of drug-likeness (QED) is 0.687. The fourth-order valence-corrected chi connectivity index (χ4v) is 1.92. The van der Waals surface area contributed by atoms with Crippen LogP contribution in [0.25, 0.3) is 0 Å². The molecule has 1 saturated heterocycles. The van der Waals surface area contributed by atoms with E-state index in [-0.39, 0.29) is 12.0 Å². The van der Waals surface area contributed by atoms with Crippen molar-refractivity contribution in [2.24, 2.45) is 0 Å². The number of aryl methyl sites for hydroxylation is 1. The minimum Gasteiger partial charge on any atom is -0.399 e. The van der Waals surface area contributed by atoms with Crippen LogP contribution in [0.15, 0.2) is 18.2 Å². The number of hydrogen-bond acceptors (Lipinski definition) is 3. The first kappa shape index (κ1) is 11.0. The molecule has 3 N–H and O–H groups in total. The number of carbonyl (C=O) groups excluding carboxylic acids is 1. The topological polar surface area (TPSA) is 66.6 Å². The number of anilines is 1. The zero-order valence-corrected chi connectivity index (χ0v) is 9.31. The minimum atomic E-state index is -0.376. The second-order valence-corrected chi connectivity index (χ2v) is 4.27. The first-order valence-electron chi connectivity index (χ1n) is 5.41. The molecule has 1 aromatic carbocycles. The van der Waals surface area contributed by atoms with Crippen LogP contribution in [0, 0.1) is 6.92 Å². The van der Waals surface area contributed by atoms with Gasteiger partial charge < -0.3 is 15.7 Å². The van der Waals surface area contributed by atoms with Gasteiger partial charge in [-0.15, -0.1) is 0 Å². The predicted molar refractivity (Wildman–Crippen MR) is 62.1 cm³/mol. The Morgan fingerprint density at radius 2 is 2.31 bits per heavy atom. The zero-order chi connectivity index (χ0) is 11.7. The van der Waals surface area contributed by atoms with Crippen molar-refractivity contribution >= 4 is 11.6 Å². The van der Waals surface area contributed by atoms with Crippen molar-refractivity contribution in [1.82, 2.24) is 4.90 Å². The third kappa shape index (κ3) is 2.02. The second kappa shape index (κ2) is 4.14. The molecule has 0 saturated carbocycles. The molecule has 86 valence electrons. The van der Waals surface area contributed by atoms with E-state index in [1.54, 1.807) is 23.1 Å². The molecule has 0 spiro atoms. The Labute approximate surface area is 94.7 Å². The van der Waals surface area contributed by atoms with Gasteiger partial charge in [-0.1, -0.05) is 0 Å². The molecule has 1 atom stereocenters. The average Bonchev–Trinajstić information content (AvgIpc) is 2.68. The lowest BCUT2D eigenvalue weighted by atomic mass is 10.1. The molecule has 16 heavy (non-hydrogen) atoms. The molecule has 2 rings (SSSR count). The summed E-state index contributed by atoms with van der Waals surface area (Å²) in [4.78, 5) is 13.7. The number of likely N-dealkylation sites (tertiary alicyclic amines) is 1. The summed E-state index contributed by atoms with van der Waals surface area (Å²) in [5, 5.41) is 9.38. The Kier molecular flexibility index (Phi) is 2.83. The van der Waals surface area contributed by atoms with E-state index < -0.39 is 0 Å². The molecule has 1 heterocycles. The number of carbonyl (C=O) groups is 1. The number of nitrogens with zero attached hydrogens (tertiary/aromatic N) is 1. The van der Waals surface area contributed by atoms with Crippen LogP contribution in [-0.4, -0.2) is 35.1 Å². The Bertz CT molecular complexity index is 417. The fraction of sp³-hybridized carbons (Fsp3) is 0.417. The van der Waals surface area contributed by atoms with Gasteiger partial charge in [0.15, 0.2) is 0 Å². The molecule has 1 aromatic rings. The van der Waals surface area contributed by atoms with Crippen LogP contribution in [-0.2, 0) is 0 Å². The van der Waals surface area contributed by atoms with Crippen LogP contribution < -0.4 is 5.73 Å². The monoisotopic (exact) mass is 220 g/mol. The number of aliphatic hydroxyl groups excluding tert-OH is 1. The van der Waals surface area contributed by atoms with E-state index in [2.05, 4.69) is 0 Å². The van der Waals surface area contributed by atoms with E-state index in [4.69, 9.17) is 5.73 Å². The second-order valence-electron chi connectivity index (χ2n) is 4.27. The van der Waals surface area contributed by atoms with Gasteiger partial charge in [0.1, 0.15) is 0 Å². The van der Waals surface area contributed by atoms with Crippen LogP contribution in [0.5, 0.6) is 0 Å². The molecule has 1 fully saturated rings. The summed E-state index contributed by atoms with van der Waals surface area (Å²) in [5.41, 5.74) is 7.94. The Balaban J connectivity index is 2.18. The smallest absolute Gasteiger partial charge is 0.253 e. The van der Waals surface area contributed by atoms with Gasteiger partial charge in [0, 0.05) is 24.3 Å². The van der Waals surface area contributed by atoms with Gasteiger partial charge in [-0.2, -0.15) is 0 Å². The lowest BCUT2D eigenvalue weighted by Crippen LogP contribution is -2.29. The van der Waals surface area contributed by atoms with Gasteiger partial charge in [0.25, 0.3) is 5.91 Å². The first-order valence-corrected chi connectivity index (χ1v) is 5.41. The van der Waals surface area contributed by atoms with Crippen molar-refractivity contribution in [3.63, 3.8) is 0 Å². The molecule has 0 bridgehead atoms. The maximum absolute atomic E-state index is 12.0. The molecule has 0 radical (unpaired) electrons. The Morgan fingerprint density at radius 3 is 2.88 bits per heavy atom. The minimum absolute atomic E-state index is 0.0281. The van der Waals surface area contributed by atoms with Crippen LogP contribution in [0.2, 0.25) is 0 Å². The largest absolute Gasteiger partial charge is 0.399 e. The van der Waals surface area contributed by atoms with E-state index >= 15 is 0 Å². The highest BCUT2D eigenvalue weighted by atomic mass is 16.3. The number of nitrogens with two attached hydrogens (primary N) is 1. The van der Waals surface area contributed by atoms with Gasteiger partial charge >= 0.3 is 0 Å². The Morgan fingerprint density at radius 1 is 1.56 bits per heavy atom. The van der Waals surface area contributed by atoms with Gasteiger partial charge in [-0.05, 0) is 37.1 Å². The van der Waals surface area contributed by atoms with Crippen molar-refractivity contribution in [2.45, 2.75) is 19.4 Å². The van der Waals surface area contributed by atoms with Crippen LogP contribution in [0.3, 0.4) is 0 Å². The normalized spacial score (nSPS) is 20.1. The van der Waals surface area contributed by atoms with E-state index in [1.807, 2.05) is 6.92 Å². The van der Waals surface area contributed by atoms with E-state index in [0.717, 1.165) is 5.56 Å². The van der Waals surface area contributed by atoms with Gasteiger partial charge in [0.05, 0.1) is 6.10 Å². The summed E-state index contributed by atoms with van der Waals surface area (Å²) in [6.07, 6.45) is 0.290. The molecule has 0 aliphatic carbocycles. The van der Waals surface area contributed by atoms with E-state index in [1.165, 1.54) is 0 Å². The number of nitrogen functional groups attached to an aromatic ring is 1. The highest BCUT2D eigenvalue weighted by Crippen LogP contribution is 2.17. The molecular weight excluding hydrogens is 204 g/mol. The molecule has 4 heteroatoms. The molecule has 4 nitrogen and oxygen atoms in total. The summed E-state index contributed by atoms with van der Waals surface area (Å²) in [6.45, 7) is 2.94. The number of aliphatic hydroxyl groups is 1. The fourth-order valence-electron chi connectivity index (χ4n) is 1.92. The number of amides is 1. The van der Waals surface area contributed by atoms with Crippen molar-refractivity contribution in [3.05, 3.63) is 29.3 Å². The molecule has 1 amide bonds. The first-order chi connectivity index (χ1) is 7.58.